The number of morpholine rings is 1. The average molecular weight is 410 g/mol. The maximum atomic E-state index is 5.52. The van der Waals surface area contributed by atoms with E-state index in [0.29, 0.717) is 5.54 Å². The van der Waals surface area contributed by atoms with Crippen LogP contribution in [0.2, 0.25) is 0 Å². The normalized spacial score (nSPS) is 23.2. The van der Waals surface area contributed by atoms with Crippen LogP contribution in [-0.2, 0) is 4.74 Å². The third-order valence-electron chi connectivity index (χ3n) is 4.62. The summed E-state index contributed by atoms with van der Waals surface area (Å²) in [6, 6.07) is 0. The van der Waals surface area contributed by atoms with Crippen LogP contribution < -0.4 is 10.6 Å². The van der Waals surface area contributed by atoms with Crippen molar-refractivity contribution < 1.29 is 4.74 Å². The number of rotatable bonds is 4. The highest BCUT2D eigenvalue weighted by atomic mass is 127. The van der Waals surface area contributed by atoms with Crippen LogP contribution >= 0.6 is 24.0 Å². The number of hydrogen-bond donors (Lipinski definition) is 2. The molecule has 1 aliphatic heterocycles. The zero-order valence-electron chi connectivity index (χ0n) is 13.5. The summed E-state index contributed by atoms with van der Waals surface area (Å²) in [5.41, 5.74) is 0.299. The maximum Gasteiger partial charge on any atom is 0.191 e. The van der Waals surface area contributed by atoms with Crippen molar-refractivity contribution in [2.75, 3.05) is 46.4 Å². The fourth-order valence-electron chi connectivity index (χ4n) is 3.49. The minimum absolute atomic E-state index is 0. The van der Waals surface area contributed by atoms with E-state index in [1.165, 1.54) is 32.1 Å². The Morgan fingerprint density at radius 2 is 1.81 bits per heavy atom. The highest BCUT2D eigenvalue weighted by molar-refractivity contribution is 14.0. The van der Waals surface area contributed by atoms with Gasteiger partial charge in [-0.3, -0.25) is 9.89 Å². The van der Waals surface area contributed by atoms with Crippen molar-refractivity contribution in [2.24, 2.45) is 4.99 Å². The molecule has 1 aliphatic carbocycles. The molecule has 0 aromatic heterocycles. The summed E-state index contributed by atoms with van der Waals surface area (Å²) in [6.07, 6.45) is 6.66. The monoisotopic (exact) mass is 410 g/mol. The molecule has 0 spiro atoms. The SMILES string of the molecule is CCNC(=NC)NCC1(N2CCOCC2)CCCCC1.I. The van der Waals surface area contributed by atoms with E-state index in [2.05, 4.69) is 27.4 Å². The van der Waals surface area contributed by atoms with Crippen LogP contribution in [0.1, 0.15) is 39.0 Å². The van der Waals surface area contributed by atoms with Crippen molar-refractivity contribution >= 4 is 29.9 Å². The Labute approximate surface area is 146 Å². The van der Waals surface area contributed by atoms with Gasteiger partial charge in [0.25, 0.3) is 0 Å². The number of guanidine groups is 1. The summed E-state index contributed by atoms with van der Waals surface area (Å²) in [7, 11) is 1.84. The van der Waals surface area contributed by atoms with Gasteiger partial charge in [-0.25, -0.2) is 0 Å². The van der Waals surface area contributed by atoms with Gasteiger partial charge in [-0.1, -0.05) is 19.3 Å². The lowest BCUT2D eigenvalue weighted by atomic mass is 9.80. The van der Waals surface area contributed by atoms with E-state index >= 15 is 0 Å². The Hall–Kier alpha value is -0.0800. The van der Waals surface area contributed by atoms with Crippen molar-refractivity contribution in [3.8, 4) is 0 Å². The molecule has 2 fully saturated rings. The summed E-state index contributed by atoms with van der Waals surface area (Å²) in [4.78, 5) is 6.94. The van der Waals surface area contributed by atoms with E-state index in [1.807, 2.05) is 7.05 Å². The fraction of sp³-hybridized carbons (Fsp3) is 0.933. The fourth-order valence-corrected chi connectivity index (χ4v) is 3.49. The molecule has 0 aromatic carbocycles. The van der Waals surface area contributed by atoms with Gasteiger partial charge in [0.1, 0.15) is 0 Å². The number of halogens is 1. The highest BCUT2D eigenvalue weighted by Gasteiger charge is 2.38. The van der Waals surface area contributed by atoms with Crippen molar-refractivity contribution in [3.63, 3.8) is 0 Å². The van der Waals surface area contributed by atoms with E-state index < -0.39 is 0 Å². The molecule has 124 valence electrons. The van der Waals surface area contributed by atoms with Gasteiger partial charge in [0.2, 0.25) is 0 Å². The van der Waals surface area contributed by atoms with E-state index in [4.69, 9.17) is 4.74 Å². The van der Waals surface area contributed by atoms with Crippen LogP contribution in [0.3, 0.4) is 0 Å². The molecular formula is C15H31IN4O. The molecular weight excluding hydrogens is 379 g/mol. The molecule has 21 heavy (non-hydrogen) atoms. The van der Waals surface area contributed by atoms with Gasteiger partial charge >= 0.3 is 0 Å². The first-order valence-corrected chi connectivity index (χ1v) is 8.08. The van der Waals surface area contributed by atoms with Gasteiger partial charge < -0.3 is 15.4 Å². The lowest BCUT2D eigenvalue weighted by Gasteiger charge is -2.48. The molecule has 0 aromatic rings. The van der Waals surface area contributed by atoms with Crippen molar-refractivity contribution in [2.45, 2.75) is 44.6 Å². The van der Waals surface area contributed by atoms with Crippen LogP contribution in [0.4, 0.5) is 0 Å². The van der Waals surface area contributed by atoms with Gasteiger partial charge in [-0.15, -0.1) is 24.0 Å². The van der Waals surface area contributed by atoms with Gasteiger partial charge in [0, 0.05) is 38.8 Å². The first kappa shape index (κ1) is 19.0. The first-order valence-electron chi connectivity index (χ1n) is 8.08. The molecule has 1 saturated heterocycles. The second kappa shape index (κ2) is 9.84. The number of nitrogens with one attached hydrogen (secondary N) is 2. The molecule has 0 unspecified atom stereocenters. The number of ether oxygens (including phenoxy) is 1. The predicted octanol–water partition coefficient (Wildman–Crippen LogP) is 1.82. The van der Waals surface area contributed by atoms with E-state index in [1.54, 1.807) is 0 Å². The largest absolute Gasteiger partial charge is 0.379 e. The van der Waals surface area contributed by atoms with Crippen LogP contribution in [0.5, 0.6) is 0 Å². The molecule has 1 heterocycles. The van der Waals surface area contributed by atoms with Crippen LogP contribution in [0.25, 0.3) is 0 Å². The molecule has 6 heteroatoms. The predicted molar refractivity (Wildman–Crippen MR) is 98.7 cm³/mol. The van der Waals surface area contributed by atoms with E-state index in [0.717, 1.165) is 45.4 Å². The summed E-state index contributed by atoms with van der Waals surface area (Å²) < 4.78 is 5.52. The topological polar surface area (TPSA) is 48.9 Å². The molecule has 0 bridgehead atoms. The van der Waals surface area contributed by atoms with Crippen LogP contribution in [0.15, 0.2) is 4.99 Å². The zero-order valence-corrected chi connectivity index (χ0v) is 15.8. The molecule has 5 nitrogen and oxygen atoms in total. The molecule has 0 radical (unpaired) electrons. The number of nitrogens with zero attached hydrogens (tertiary/aromatic N) is 2. The minimum atomic E-state index is 0. The Kier molecular flexibility index (Phi) is 8.89. The summed E-state index contributed by atoms with van der Waals surface area (Å²) >= 11 is 0. The van der Waals surface area contributed by atoms with E-state index in [-0.39, 0.29) is 24.0 Å². The average Bonchev–Trinajstić information content (AvgIpc) is 2.53. The van der Waals surface area contributed by atoms with Crippen molar-refractivity contribution in [1.29, 1.82) is 0 Å². The van der Waals surface area contributed by atoms with E-state index in [9.17, 15) is 0 Å². The maximum absolute atomic E-state index is 5.52. The standard InChI is InChI=1S/C15H30N4O.HI/c1-3-17-14(16-2)18-13-15(7-5-4-6-8-15)19-9-11-20-12-10-19;/h3-13H2,1-2H3,(H2,16,17,18);1H. The quantitative estimate of drug-likeness (QED) is 0.422. The Bertz CT molecular complexity index is 313. The summed E-state index contributed by atoms with van der Waals surface area (Å²) in [5.74, 6) is 0.922. The van der Waals surface area contributed by atoms with Crippen LogP contribution in [0, 0.1) is 0 Å². The van der Waals surface area contributed by atoms with Gasteiger partial charge in [0.15, 0.2) is 5.96 Å². The zero-order chi connectivity index (χ0) is 14.3. The lowest BCUT2D eigenvalue weighted by molar-refractivity contribution is -0.0352. The molecule has 1 saturated carbocycles. The van der Waals surface area contributed by atoms with Gasteiger partial charge in [-0.2, -0.15) is 0 Å². The molecule has 2 rings (SSSR count). The van der Waals surface area contributed by atoms with Crippen LogP contribution in [-0.4, -0.2) is 62.8 Å². The second-order valence-electron chi connectivity index (χ2n) is 5.84. The van der Waals surface area contributed by atoms with Gasteiger partial charge in [-0.05, 0) is 19.8 Å². The van der Waals surface area contributed by atoms with Crippen molar-refractivity contribution in [1.82, 2.24) is 15.5 Å². The second-order valence-corrected chi connectivity index (χ2v) is 5.84. The number of hydrogen-bond acceptors (Lipinski definition) is 3. The Balaban J connectivity index is 0.00000220. The lowest BCUT2D eigenvalue weighted by Crippen LogP contribution is -2.60. The molecule has 2 N–H and O–H groups in total. The molecule has 0 atom stereocenters. The Morgan fingerprint density at radius 1 is 1.14 bits per heavy atom. The third-order valence-corrected chi connectivity index (χ3v) is 4.62. The molecule has 0 amide bonds. The third kappa shape index (κ3) is 5.25. The summed E-state index contributed by atoms with van der Waals surface area (Å²) in [6.45, 7) is 7.90. The van der Waals surface area contributed by atoms with Gasteiger partial charge in [0.05, 0.1) is 13.2 Å². The highest BCUT2D eigenvalue weighted by Crippen LogP contribution is 2.33. The Morgan fingerprint density at radius 3 is 2.38 bits per heavy atom. The minimum Gasteiger partial charge on any atom is -0.379 e. The number of aliphatic imine (C=N–C) groups is 1. The smallest absolute Gasteiger partial charge is 0.191 e. The first-order chi connectivity index (χ1) is 9.80. The van der Waals surface area contributed by atoms with Crippen molar-refractivity contribution in [3.05, 3.63) is 0 Å². The molecule has 2 aliphatic rings. The summed E-state index contributed by atoms with van der Waals surface area (Å²) in [5, 5.41) is 6.82.